The Morgan fingerprint density at radius 2 is 2.32 bits per heavy atom. The largest absolute Gasteiger partial charge is 0.337 e. The van der Waals surface area contributed by atoms with Gasteiger partial charge >= 0.3 is 0 Å². The van der Waals surface area contributed by atoms with Crippen LogP contribution in [0.3, 0.4) is 0 Å². The van der Waals surface area contributed by atoms with E-state index in [1.54, 1.807) is 0 Å². The van der Waals surface area contributed by atoms with Gasteiger partial charge in [0.05, 0.1) is 5.69 Å². The van der Waals surface area contributed by atoms with E-state index in [9.17, 15) is 4.79 Å². The first kappa shape index (κ1) is 14.1. The van der Waals surface area contributed by atoms with Crippen molar-refractivity contribution in [2.75, 3.05) is 20.1 Å². The first-order chi connectivity index (χ1) is 9.04. The highest BCUT2D eigenvalue weighted by Crippen LogP contribution is 2.22. The van der Waals surface area contributed by atoms with Crippen LogP contribution in [0.1, 0.15) is 37.2 Å². The van der Waals surface area contributed by atoms with Crippen molar-refractivity contribution in [3.63, 3.8) is 0 Å². The number of hydrogen-bond acceptors (Lipinski definition) is 3. The fourth-order valence-corrected chi connectivity index (χ4v) is 2.96. The van der Waals surface area contributed by atoms with Gasteiger partial charge in [0.2, 0.25) is 5.91 Å². The number of likely N-dealkylation sites (tertiary alicyclic amines) is 1. The average molecular weight is 264 g/mol. The highest BCUT2D eigenvalue weighted by Gasteiger charge is 2.32. The maximum absolute atomic E-state index is 12.6. The van der Waals surface area contributed by atoms with Crippen LogP contribution in [-0.2, 0) is 4.79 Å². The molecule has 0 bridgehead atoms. The monoisotopic (exact) mass is 264 g/mol. The highest BCUT2D eigenvalue weighted by atomic mass is 16.2. The zero-order valence-electron chi connectivity index (χ0n) is 12.3. The fourth-order valence-electron chi connectivity index (χ4n) is 2.96. The quantitative estimate of drug-likeness (QED) is 0.891. The summed E-state index contributed by atoms with van der Waals surface area (Å²) >= 11 is 0. The molecule has 2 rings (SSSR count). The van der Waals surface area contributed by atoms with Crippen molar-refractivity contribution < 1.29 is 4.79 Å². The number of aryl methyl sites for hydroxylation is 2. The van der Waals surface area contributed by atoms with E-state index >= 15 is 0 Å². The Bertz CT molecular complexity index is 454. The van der Waals surface area contributed by atoms with Gasteiger partial charge in [0.1, 0.15) is 6.04 Å². The third kappa shape index (κ3) is 2.81. The van der Waals surface area contributed by atoms with E-state index in [1.165, 1.54) is 0 Å². The second kappa shape index (κ2) is 5.74. The van der Waals surface area contributed by atoms with Crippen LogP contribution in [0.4, 0.5) is 0 Å². The zero-order chi connectivity index (χ0) is 14.0. The van der Waals surface area contributed by atoms with E-state index < -0.39 is 0 Å². The van der Waals surface area contributed by atoms with E-state index in [1.807, 2.05) is 43.5 Å². The molecule has 1 aliphatic rings. The van der Waals surface area contributed by atoms with Crippen molar-refractivity contribution in [3.05, 3.63) is 17.5 Å². The predicted molar refractivity (Wildman–Crippen MR) is 75.1 cm³/mol. The van der Waals surface area contributed by atoms with Crippen molar-refractivity contribution in [1.82, 2.24) is 20.0 Å². The molecular weight excluding hydrogens is 240 g/mol. The van der Waals surface area contributed by atoms with E-state index in [-0.39, 0.29) is 11.9 Å². The van der Waals surface area contributed by atoms with Crippen LogP contribution in [0.15, 0.2) is 6.07 Å². The fraction of sp³-hybridized carbons (Fsp3) is 0.714. The Morgan fingerprint density at radius 1 is 1.58 bits per heavy atom. The highest BCUT2D eigenvalue weighted by molar-refractivity contribution is 5.80. The smallest absolute Gasteiger partial charge is 0.247 e. The topological polar surface area (TPSA) is 50.2 Å². The molecule has 2 heterocycles. The normalized spacial score (nSPS) is 20.8. The molecule has 0 radical (unpaired) electrons. The Labute approximate surface area is 115 Å². The van der Waals surface area contributed by atoms with Gasteiger partial charge in [0, 0.05) is 24.8 Å². The number of likely N-dealkylation sites (N-methyl/N-ethyl adjacent to an activating group) is 1. The van der Waals surface area contributed by atoms with Crippen LogP contribution < -0.4 is 5.32 Å². The number of hydrogen-bond donors (Lipinski definition) is 1. The average Bonchev–Trinajstić information content (AvgIpc) is 2.94. The Balaban J connectivity index is 2.12. The van der Waals surface area contributed by atoms with Crippen molar-refractivity contribution in [3.8, 4) is 0 Å². The maximum atomic E-state index is 12.6. The number of nitrogens with one attached hydrogen (secondary N) is 1. The summed E-state index contributed by atoms with van der Waals surface area (Å²) < 4.78 is 1.84. The number of nitrogens with zero attached hydrogens (tertiary/aromatic N) is 3. The van der Waals surface area contributed by atoms with Crippen LogP contribution >= 0.6 is 0 Å². The molecule has 1 aromatic rings. The minimum absolute atomic E-state index is 0.184. The van der Waals surface area contributed by atoms with Crippen molar-refractivity contribution in [2.45, 2.75) is 45.7 Å². The molecule has 19 heavy (non-hydrogen) atoms. The molecule has 1 saturated heterocycles. The number of amides is 1. The van der Waals surface area contributed by atoms with Crippen molar-refractivity contribution >= 4 is 5.91 Å². The molecule has 1 aliphatic heterocycles. The number of aromatic nitrogens is 2. The Morgan fingerprint density at radius 3 is 2.89 bits per heavy atom. The molecule has 0 aromatic carbocycles. The lowest BCUT2D eigenvalue weighted by Crippen LogP contribution is -2.44. The van der Waals surface area contributed by atoms with E-state index in [0.29, 0.717) is 6.04 Å². The van der Waals surface area contributed by atoms with Gasteiger partial charge in [0.15, 0.2) is 0 Å². The van der Waals surface area contributed by atoms with Crippen LogP contribution in [0.2, 0.25) is 0 Å². The summed E-state index contributed by atoms with van der Waals surface area (Å²) in [5.74, 6) is 0.184. The lowest BCUT2D eigenvalue weighted by Gasteiger charge is -2.28. The van der Waals surface area contributed by atoms with E-state index in [0.717, 1.165) is 37.3 Å². The first-order valence-corrected chi connectivity index (χ1v) is 7.02. The molecule has 0 unspecified atom stereocenters. The van der Waals surface area contributed by atoms with Gasteiger partial charge in [-0.2, -0.15) is 5.10 Å². The van der Waals surface area contributed by atoms with Gasteiger partial charge in [-0.05, 0) is 46.7 Å². The van der Waals surface area contributed by atoms with Crippen LogP contribution in [-0.4, -0.2) is 46.8 Å². The molecule has 1 N–H and O–H groups in total. The molecule has 106 valence electrons. The van der Waals surface area contributed by atoms with Gasteiger partial charge < -0.3 is 10.2 Å². The molecule has 5 nitrogen and oxygen atoms in total. The summed E-state index contributed by atoms with van der Waals surface area (Å²) in [6.45, 7) is 7.64. The number of carbonyl (C=O) groups excluding carboxylic acids is 1. The summed E-state index contributed by atoms with van der Waals surface area (Å²) in [5, 5.41) is 7.60. The summed E-state index contributed by atoms with van der Waals surface area (Å²) in [7, 11) is 1.94. The van der Waals surface area contributed by atoms with Gasteiger partial charge in [-0.3, -0.25) is 9.48 Å². The standard InChI is InChI=1S/C14H24N4O/c1-10-8-11(2)18(16-10)12(3)14(19)17-7-5-6-13(17)9-15-4/h8,12-13,15H,5-7,9H2,1-4H3/t12-,13+/m1/s1. The van der Waals surface area contributed by atoms with Crippen molar-refractivity contribution in [1.29, 1.82) is 0 Å². The third-order valence-electron chi connectivity index (χ3n) is 3.87. The third-order valence-corrected chi connectivity index (χ3v) is 3.87. The minimum Gasteiger partial charge on any atom is -0.337 e. The second-order valence-corrected chi connectivity index (χ2v) is 5.43. The van der Waals surface area contributed by atoms with Crippen molar-refractivity contribution in [2.24, 2.45) is 0 Å². The Kier molecular flexibility index (Phi) is 4.24. The lowest BCUT2D eigenvalue weighted by molar-refractivity contribution is -0.135. The molecule has 2 atom stereocenters. The molecule has 0 spiro atoms. The van der Waals surface area contributed by atoms with Gasteiger partial charge in [-0.15, -0.1) is 0 Å². The summed E-state index contributed by atoms with van der Waals surface area (Å²) in [6.07, 6.45) is 2.19. The second-order valence-electron chi connectivity index (χ2n) is 5.43. The molecule has 0 saturated carbocycles. The molecule has 1 fully saturated rings. The minimum atomic E-state index is -0.217. The Hall–Kier alpha value is -1.36. The first-order valence-electron chi connectivity index (χ1n) is 7.02. The number of rotatable bonds is 4. The van der Waals surface area contributed by atoms with Crippen LogP contribution in [0, 0.1) is 13.8 Å². The zero-order valence-corrected chi connectivity index (χ0v) is 12.3. The molecule has 5 heteroatoms. The van der Waals surface area contributed by atoms with Crippen LogP contribution in [0.25, 0.3) is 0 Å². The molecule has 1 aromatic heterocycles. The molecule has 0 aliphatic carbocycles. The van der Waals surface area contributed by atoms with E-state index in [4.69, 9.17) is 0 Å². The lowest BCUT2D eigenvalue weighted by atomic mass is 10.2. The summed E-state index contributed by atoms with van der Waals surface area (Å²) in [6, 6.07) is 2.13. The summed E-state index contributed by atoms with van der Waals surface area (Å²) in [5.41, 5.74) is 2.01. The molecule has 1 amide bonds. The predicted octanol–water partition coefficient (Wildman–Crippen LogP) is 1.27. The maximum Gasteiger partial charge on any atom is 0.247 e. The number of carbonyl (C=O) groups is 1. The van der Waals surface area contributed by atoms with E-state index in [2.05, 4.69) is 10.4 Å². The van der Waals surface area contributed by atoms with Gasteiger partial charge in [-0.25, -0.2) is 0 Å². The SMILES string of the molecule is CNC[C@@H]1CCCN1C(=O)[C@@H](C)n1nc(C)cc1C. The van der Waals surface area contributed by atoms with Gasteiger partial charge in [-0.1, -0.05) is 0 Å². The van der Waals surface area contributed by atoms with Crippen LogP contribution in [0.5, 0.6) is 0 Å². The summed E-state index contributed by atoms with van der Waals surface area (Å²) in [4.78, 5) is 14.6. The van der Waals surface area contributed by atoms with Gasteiger partial charge in [0.25, 0.3) is 0 Å². The molecular formula is C14H24N4O.